The first-order valence-corrected chi connectivity index (χ1v) is 6.03. The predicted octanol–water partition coefficient (Wildman–Crippen LogP) is 2.87. The van der Waals surface area contributed by atoms with Crippen LogP contribution in [0.4, 0.5) is 10.5 Å². The van der Waals surface area contributed by atoms with Crippen LogP contribution < -0.4 is 9.64 Å². The lowest BCUT2D eigenvalue weighted by molar-refractivity contribution is 0.0567. The van der Waals surface area contributed by atoms with Gasteiger partial charge < -0.3 is 9.47 Å². The Kier molecular flexibility index (Phi) is 3.34. The van der Waals surface area contributed by atoms with Gasteiger partial charge in [0, 0.05) is 6.07 Å². The average molecular weight is 271 g/mol. The zero-order valence-corrected chi connectivity index (χ0v) is 11.3. The zero-order valence-electron chi connectivity index (χ0n) is 10.6. The fourth-order valence-corrected chi connectivity index (χ4v) is 1.75. The summed E-state index contributed by atoms with van der Waals surface area (Å²) in [7, 11) is 0. The van der Waals surface area contributed by atoms with Crippen molar-refractivity contribution in [3.8, 4) is 5.75 Å². The third-order valence-electron chi connectivity index (χ3n) is 2.29. The summed E-state index contributed by atoms with van der Waals surface area (Å²) in [5.74, 6) is 0.548. The second-order valence-corrected chi connectivity index (χ2v) is 5.34. The molecule has 1 amide bonds. The van der Waals surface area contributed by atoms with E-state index in [4.69, 9.17) is 21.1 Å². The van der Waals surface area contributed by atoms with Crippen LogP contribution in [0, 0.1) is 0 Å². The Bertz CT molecular complexity index is 471. The van der Waals surface area contributed by atoms with Gasteiger partial charge in [-0.2, -0.15) is 0 Å². The van der Waals surface area contributed by atoms with Crippen LogP contribution in [-0.2, 0) is 4.74 Å². The van der Waals surface area contributed by atoms with Gasteiger partial charge in [0.2, 0.25) is 0 Å². The van der Waals surface area contributed by atoms with Crippen molar-refractivity contribution in [2.45, 2.75) is 26.4 Å². The van der Waals surface area contributed by atoms with E-state index in [1.54, 1.807) is 6.07 Å². The van der Waals surface area contributed by atoms with Crippen LogP contribution in [0.15, 0.2) is 12.3 Å². The number of anilines is 1. The molecule has 0 fully saturated rings. The molecule has 2 heterocycles. The third kappa shape index (κ3) is 2.85. The monoisotopic (exact) mass is 270 g/mol. The summed E-state index contributed by atoms with van der Waals surface area (Å²) in [5.41, 5.74) is 0.0509. The second-order valence-electron chi connectivity index (χ2n) is 4.96. The summed E-state index contributed by atoms with van der Waals surface area (Å²) < 4.78 is 10.8. The van der Waals surface area contributed by atoms with E-state index in [0.29, 0.717) is 29.7 Å². The summed E-state index contributed by atoms with van der Waals surface area (Å²) >= 11 is 5.78. The number of ether oxygens (including phenoxy) is 2. The summed E-state index contributed by atoms with van der Waals surface area (Å²) in [5, 5.41) is 0.333. The number of nitrogens with zero attached hydrogens (tertiary/aromatic N) is 2. The maximum Gasteiger partial charge on any atom is 0.415 e. The Morgan fingerprint density at radius 1 is 1.56 bits per heavy atom. The minimum atomic E-state index is -0.532. The van der Waals surface area contributed by atoms with E-state index in [9.17, 15) is 4.79 Å². The molecular weight excluding hydrogens is 256 g/mol. The highest BCUT2D eigenvalue weighted by atomic mass is 35.5. The van der Waals surface area contributed by atoms with Crippen molar-refractivity contribution in [3.05, 3.63) is 17.4 Å². The first-order valence-electron chi connectivity index (χ1n) is 5.66. The highest BCUT2D eigenvalue weighted by Crippen LogP contribution is 2.33. The molecule has 0 N–H and O–H groups in total. The van der Waals surface area contributed by atoms with E-state index in [2.05, 4.69) is 4.98 Å². The van der Waals surface area contributed by atoms with Crippen LogP contribution in [0.1, 0.15) is 20.8 Å². The van der Waals surface area contributed by atoms with Crippen molar-refractivity contribution in [2.75, 3.05) is 18.1 Å². The van der Waals surface area contributed by atoms with Gasteiger partial charge in [0.25, 0.3) is 0 Å². The molecule has 0 aromatic carbocycles. The van der Waals surface area contributed by atoms with Crippen LogP contribution in [0.25, 0.3) is 0 Å². The molecule has 0 unspecified atom stereocenters. The largest absolute Gasteiger partial charge is 0.489 e. The van der Waals surface area contributed by atoms with Crippen molar-refractivity contribution in [2.24, 2.45) is 0 Å². The van der Waals surface area contributed by atoms with Crippen LogP contribution in [0.5, 0.6) is 5.75 Å². The molecule has 0 bridgehead atoms. The maximum absolute atomic E-state index is 12.0. The maximum atomic E-state index is 12.0. The van der Waals surface area contributed by atoms with Gasteiger partial charge >= 0.3 is 6.09 Å². The Labute approximate surface area is 111 Å². The van der Waals surface area contributed by atoms with E-state index in [1.165, 1.54) is 11.1 Å². The minimum Gasteiger partial charge on any atom is -0.489 e. The molecule has 0 aliphatic carbocycles. The van der Waals surface area contributed by atoms with E-state index >= 15 is 0 Å². The van der Waals surface area contributed by atoms with Gasteiger partial charge in [0.05, 0.1) is 12.7 Å². The lowest BCUT2D eigenvalue weighted by atomic mass is 10.2. The Balaban J connectivity index is 2.25. The topological polar surface area (TPSA) is 51.7 Å². The SMILES string of the molecule is CC(C)(C)OC(=O)N1CCOc2cc(Cl)ncc21. The number of hydrogen-bond acceptors (Lipinski definition) is 4. The summed E-state index contributed by atoms with van der Waals surface area (Å²) in [6.07, 6.45) is 1.11. The third-order valence-corrected chi connectivity index (χ3v) is 2.50. The fraction of sp³-hybridized carbons (Fsp3) is 0.500. The van der Waals surface area contributed by atoms with Gasteiger partial charge in [-0.15, -0.1) is 0 Å². The lowest BCUT2D eigenvalue weighted by Crippen LogP contribution is -2.41. The highest BCUT2D eigenvalue weighted by Gasteiger charge is 2.28. The minimum absolute atomic E-state index is 0.333. The first-order chi connectivity index (χ1) is 8.37. The number of pyridine rings is 1. The van der Waals surface area contributed by atoms with Crippen molar-refractivity contribution < 1.29 is 14.3 Å². The van der Waals surface area contributed by atoms with Gasteiger partial charge in [-0.25, -0.2) is 9.78 Å². The standard InChI is InChI=1S/C12H15ClN2O3/c1-12(2,3)18-11(16)15-4-5-17-9-6-10(13)14-7-8(9)15/h6-7H,4-5H2,1-3H3. The Morgan fingerprint density at radius 2 is 2.28 bits per heavy atom. The number of rotatable bonds is 0. The lowest BCUT2D eigenvalue weighted by Gasteiger charge is -2.31. The molecule has 0 saturated heterocycles. The summed E-state index contributed by atoms with van der Waals surface area (Å²) in [4.78, 5) is 17.5. The normalized spacial score (nSPS) is 14.8. The van der Waals surface area contributed by atoms with Crippen molar-refractivity contribution >= 4 is 23.4 Å². The second kappa shape index (κ2) is 4.65. The number of hydrogen-bond donors (Lipinski definition) is 0. The molecule has 0 saturated carbocycles. The molecule has 1 aromatic rings. The molecule has 1 aromatic heterocycles. The van der Waals surface area contributed by atoms with Gasteiger partial charge in [-0.05, 0) is 20.8 Å². The molecule has 5 nitrogen and oxygen atoms in total. The Morgan fingerprint density at radius 3 is 2.94 bits per heavy atom. The van der Waals surface area contributed by atoms with Crippen LogP contribution in [-0.4, -0.2) is 29.8 Å². The number of halogens is 1. The van der Waals surface area contributed by atoms with Crippen molar-refractivity contribution in [3.63, 3.8) is 0 Å². The fourth-order valence-electron chi connectivity index (χ4n) is 1.60. The molecule has 2 rings (SSSR count). The molecule has 0 spiro atoms. The molecule has 1 aliphatic rings. The summed E-state index contributed by atoms with van der Waals surface area (Å²) in [6, 6.07) is 1.59. The smallest absolute Gasteiger partial charge is 0.415 e. The first kappa shape index (κ1) is 13.0. The van der Waals surface area contributed by atoms with Crippen LogP contribution in [0.2, 0.25) is 5.15 Å². The van der Waals surface area contributed by atoms with E-state index in [-0.39, 0.29) is 0 Å². The zero-order chi connectivity index (χ0) is 13.3. The molecule has 6 heteroatoms. The van der Waals surface area contributed by atoms with Crippen molar-refractivity contribution in [1.82, 2.24) is 4.98 Å². The van der Waals surface area contributed by atoms with Gasteiger partial charge in [-0.3, -0.25) is 4.90 Å². The number of aromatic nitrogens is 1. The summed E-state index contributed by atoms with van der Waals surface area (Å²) in [6.45, 7) is 6.32. The molecule has 98 valence electrons. The van der Waals surface area contributed by atoms with Crippen molar-refractivity contribution in [1.29, 1.82) is 0 Å². The molecule has 1 aliphatic heterocycles. The van der Waals surface area contributed by atoms with Gasteiger partial charge in [0.1, 0.15) is 28.8 Å². The van der Waals surface area contributed by atoms with Gasteiger partial charge in [-0.1, -0.05) is 11.6 Å². The van der Waals surface area contributed by atoms with Gasteiger partial charge in [0.15, 0.2) is 0 Å². The van der Waals surface area contributed by atoms with Crippen LogP contribution >= 0.6 is 11.6 Å². The number of carbonyl (C=O) groups is 1. The van der Waals surface area contributed by atoms with Crippen LogP contribution in [0.3, 0.4) is 0 Å². The number of fused-ring (bicyclic) bond motifs is 1. The molecular formula is C12H15ClN2O3. The quantitative estimate of drug-likeness (QED) is 0.680. The van der Waals surface area contributed by atoms with E-state index < -0.39 is 11.7 Å². The van der Waals surface area contributed by atoms with E-state index in [0.717, 1.165) is 0 Å². The molecule has 0 radical (unpaired) electrons. The highest BCUT2D eigenvalue weighted by molar-refractivity contribution is 6.29. The molecule has 0 atom stereocenters. The molecule has 18 heavy (non-hydrogen) atoms. The van der Waals surface area contributed by atoms with E-state index in [1.807, 2.05) is 20.8 Å². The average Bonchev–Trinajstić information content (AvgIpc) is 2.25. The number of carbonyl (C=O) groups excluding carboxylic acids is 1. The Hall–Kier alpha value is -1.49. The predicted molar refractivity (Wildman–Crippen MR) is 68.3 cm³/mol. The number of amides is 1.